The third-order valence-electron chi connectivity index (χ3n) is 4.11. The Bertz CT molecular complexity index is 530. The number of ketones is 1. The van der Waals surface area contributed by atoms with E-state index in [2.05, 4.69) is 0 Å². The van der Waals surface area contributed by atoms with E-state index in [0.29, 0.717) is 11.5 Å². The molecule has 0 radical (unpaired) electrons. The second-order valence-electron chi connectivity index (χ2n) is 5.84. The van der Waals surface area contributed by atoms with Gasteiger partial charge in [0, 0.05) is 5.56 Å². The van der Waals surface area contributed by atoms with Gasteiger partial charge in [0.1, 0.15) is 5.75 Å². The maximum atomic E-state index is 12.0. The van der Waals surface area contributed by atoms with Crippen LogP contribution in [0, 0.1) is 12.8 Å². The van der Waals surface area contributed by atoms with Crippen molar-refractivity contribution < 1.29 is 19.1 Å². The lowest BCUT2D eigenvalue weighted by atomic mass is 9.90. The highest BCUT2D eigenvalue weighted by Gasteiger charge is 2.20. The molecule has 0 N–H and O–H groups in total. The van der Waals surface area contributed by atoms with Crippen molar-refractivity contribution in [1.29, 1.82) is 0 Å². The van der Waals surface area contributed by atoms with Crippen LogP contribution in [0.5, 0.6) is 5.75 Å². The van der Waals surface area contributed by atoms with Gasteiger partial charge in [0.15, 0.2) is 0 Å². The van der Waals surface area contributed by atoms with E-state index in [-0.39, 0.29) is 6.61 Å². The molecule has 1 aromatic carbocycles. The maximum Gasteiger partial charge on any atom is 0.379 e. The molecule has 1 aromatic rings. The molecule has 22 heavy (non-hydrogen) atoms. The number of aryl methyl sites for hydroxylation is 1. The molecule has 0 unspecified atom stereocenters. The Morgan fingerprint density at radius 2 is 1.91 bits per heavy atom. The van der Waals surface area contributed by atoms with Crippen molar-refractivity contribution >= 4 is 11.8 Å². The molecule has 1 aliphatic rings. The second kappa shape index (κ2) is 7.97. The molecule has 1 aliphatic carbocycles. The Morgan fingerprint density at radius 1 is 1.18 bits per heavy atom. The number of carbonyl (C=O) groups is 2. The summed E-state index contributed by atoms with van der Waals surface area (Å²) in [5.74, 6) is -0.0157. The number of ether oxygens (including phenoxy) is 2. The molecule has 1 saturated carbocycles. The lowest BCUT2D eigenvalue weighted by Gasteiger charge is -2.21. The van der Waals surface area contributed by atoms with Crippen LogP contribution in [-0.2, 0) is 9.53 Å². The van der Waals surface area contributed by atoms with Gasteiger partial charge in [-0.1, -0.05) is 19.3 Å². The Hall–Kier alpha value is -1.84. The third-order valence-corrected chi connectivity index (χ3v) is 4.11. The monoisotopic (exact) mass is 304 g/mol. The molecule has 0 saturated heterocycles. The zero-order valence-corrected chi connectivity index (χ0v) is 13.4. The smallest absolute Gasteiger partial charge is 0.379 e. The maximum absolute atomic E-state index is 12.0. The van der Waals surface area contributed by atoms with Crippen molar-refractivity contribution in [3.05, 3.63) is 29.3 Å². The first-order chi connectivity index (χ1) is 10.6. The lowest BCUT2D eigenvalue weighted by Crippen LogP contribution is -2.18. The Kier molecular flexibility index (Phi) is 5.99. The lowest BCUT2D eigenvalue weighted by molar-refractivity contribution is -0.137. The first-order valence-corrected chi connectivity index (χ1v) is 8.06. The predicted octanol–water partition coefficient (Wildman–Crippen LogP) is 3.70. The normalized spacial score (nSPS) is 15.4. The van der Waals surface area contributed by atoms with Crippen LogP contribution in [0.15, 0.2) is 18.2 Å². The van der Waals surface area contributed by atoms with E-state index in [1.165, 1.54) is 32.1 Å². The van der Waals surface area contributed by atoms with Gasteiger partial charge in [-0.15, -0.1) is 0 Å². The number of hydrogen-bond donors (Lipinski definition) is 0. The Morgan fingerprint density at radius 3 is 2.55 bits per heavy atom. The van der Waals surface area contributed by atoms with Crippen LogP contribution >= 0.6 is 0 Å². The summed E-state index contributed by atoms with van der Waals surface area (Å²) in [6.45, 7) is 4.41. The highest BCUT2D eigenvalue weighted by molar-refractivity contribution is 6.41. The van der Waals surface area contributed by atoms with Crippen LogP contribution in [0.4, 0.5) is 0 Å². The summed E-state index contributed by atoms with van der Waals surface area (Å²) in [6, 6.07) is 5.21. The minimum atomic E-state index is -0.804. The molecule has 2 rings (SSSR count). The first-order valence-electron chi connectivity index (χ1n) is 8.06. The molecule has 4 heteroatoms. The van der Waals surface area contributed by atoms with Gasteiger partial charge >= 0.3 is 5.97 Å². The third kappa shape index (κ3) is 4.33. The van der Waals surface area contributed by atoms with Crippen molar-refractivity contribution in [2.45, 2.75) is 46.0 Å². The van der Waals surface area contributed by atoms with Gasteiger partial charge in [-0.3, -0.25) is 4.79 Å². The van der Waals surface area contributed by atoms with E-state index in [4.69, 9.17) is 9.47 Å². The molecule has 0 bridgehead atoms. The summed E-state index contributed by atoms with van der Waals surface area (Å²) in [5.41, 5.74) is 1.11. The number of esters is 1. The number of rotatable bonds is 6. The van der Waals surface area contributed by atoms with Gasteiger partial charge in [-0.25, -0.2) is 4.79 Å². The SMILES string of the molecule is CCOC(=O)C(=O)c1ccc(OCC2CCCCC2)cc1C. The number of benzene rings is 1. The summed E-state index contributed by atoms with van der Waals surface area (Å²) < 4.78 is 10.6. The van der Waals surface area contributed by atoms with Crippen molar-refractivity contribution in [1.82, 2.24) is 0 Å². The Balaban J connectivity index is 1.96. The van der Waals surface area contributed by atoms with Gasteiger partial charge in [-0.05, 0) is 56.4 Å². The quantitative estimate of drug-likeness (QED) is 0.457. The van der Waals surface area contributed by atoms with Gasteiger partial charge in [0.25, 0.3) is 5.78 Å². The highest BCUT2D eigenvalue weighted by Crippen LogP contribution is 2.25. The van der Waals surface area contributed by atoms with Crippen molar-refractivity contribution in [2.75, 3.05) is 13.2 Å². The summed E-state index contributed by atoms with van der Waals surface area (Å²) in [4.78, 5) is 23.5. The van der Waals surface area contributed by atoms with Gasteiger partial charge < -0.3 is 9.47 Å². The van der Waals surface area contributed by atoms with Crippen molar-refractivity contribution in [3.63, 3.8) is 0 Å². The van der Waals surface area contributed by atoms with Gasteiger partial charge in [0.2, 0.25) is 0 Å². The molecular formula is C18H24O4. The number of hydrogen-bond acceptors (Lipinski definition) is 4. The van der Waals surface area contributed by atoms with Crippen LogP contribution < -0.4 is 4.74 Å². The van der Waals surface area contributed by atoms with Crippen LogP contribution in [0.2, 0.25) is 0 Å². The molecule has 120 valence electrons. The highest BCUT2D eigenvalue weighted by atomic mass is 16.5. The molecule has 4 nitrogen and oxygen atoms in total. The number of Topliss-reactive ketones (excluding diaryl/α,β-unsaturated/α-hetero) is 1. The predicted molar refractivity (Wildman–Crippen MR) is 84.2 cm³/mol. The molecule has 0 amide bonds. The molecule has 0 heterocycles. The molecule has 0 atom stereocenters. The van der Waals surface area contributed by atoms with Crippen molar-refractivity contribution in [3.8, 4) is 5.75 Å². The van der Waals surface area contributed by atoms with Gasteiger partial charge in [0.05, 0.1) is 13.2 Å². The van der Waals surface area contributed by atoms with Crippen LogP contribution in [0.25, 0.3) is 0 Å². The zero-order chi connectivity index (χ0) is 15.9. The van der Waals surface area contributed by atoms with E-state index in [9.17, 15) is 9.59 Å². The fourth-order valence-corrected chi connectivity index (χ4v) is 2.86. The summed E-state index contributed by atoms with van der Waals surface area (Å²) in [7, 11) is 0. The second-order valence-corrected chi connectivity index (χ2v) is 5.84. The van der Waals surface area contributed by atoms with E-state index in [0.717, 1.165) is 17.9 Å². The van der Waals surface area contributed by atoms with Crippen LogP contribution in [0.1, 0.15) is 54.9 Å². The zero-order valence-electron chi connectivity index (χ0n) is 13.4. The Labute approximate surface area is 131 Å². The fraction of sp³-hybridized carbons (Fsp3) is 0.556. The number of carbonyl (C=O) groups excluding carboxylic acids is 2. The van der Waals surface area contributed by atoms with Crippen LogP contribution in [-0.4, -0.2) is 25.0 Å². The molecule has 0 spiro atoms. The average molecular weight is 304 g/mol. The van der Waals surface area contributed by atoms with E-state index < -0.39 is 11.8 Å². The summed E-state index contributed by atoms with van der Waals surface area (Å²) in [6.07, 6.45) is 6.39. The molecule has 1 fully saturated rings. The summed E-state index contributed by atoms with van der Waals surface area (Å²) in [5, 5.41) is 0. The van der Waals surface area contributed by atoms with E-state index in [1.54, 1.807) is 26.0 Å². The summed E-state index contributed by atoms with van der Waals surface area (Å²) >= 11 is 0. The minimum absolute atomic E-state index is 0.201. The van der Waals surface area contributed by atoms with E-state index in [1.807, 2.05) is 6.07 Å². The topological polar surface area (TPSA) is 52.6 Å². The minimum Gasteiger partial charge on any atom is -0.493 e. The molecule has 0 aromatic heterocycles. The average Bonchev–Trinajstić information content (AvgIpc) is 2.53. The molecular weight excluding hydrogens is 280 g/mol. The largest absolute Gasteiger partial charge is 0.493 e. The first kappa shape index (κ1) is 16.5. The van der Waals surface area contributed by atoms with Crippen molar-refractivity contribution in [2.24, 2.45) is 5.92 Å². The fourth-order valence-electron chi connectivity index (χ4n) is 2.86. The van der Waals surface area contributed by atoms with E-state index >= 15 is 0 Å². The standard InChI is InChI=1S/C18H24O4/c1-3-21-18(20)17(19)16-10-9-15(11-13(16)2)22-12-14-7-5-4-6-8-14/h9-11,14H,3-8,12H2,1-2H3. The molecule has 0 aliphatic heterocycles. The van der Waals surface area contributed by atoms with Crippen LogP contribution in [0.3, 0.4) is 0 Å². The van der Waals surface area contributed by atoms with Gasteiger partial charge in [-0.2, -0.15) is 0 Å².